The third-order valence-electron chi connectivity index (χ3n) is 5.56. The summed E-state index contributed by atoms with van der Waals surface area (Å²) in [5.74, 6) is -0.784. The van der Waals surface area contributed by atoms with Gasteiger partial charge in [-0.15, -0.1) is 0 Å². The van der Waals surface area contributed by atoms with Gasteiger partial charge in [-0.05, 0) is 59.7 Å². The van der Waals surface area contributed by atoms with Gasteiger partial charge in [-0.2, -0.15) is 5.26 Å². The SMILES string of the molecule is COc1cc(/C=C/c2ccc(N(c3ccccc3)c3ccccc3)cc2)ccc1/C=C(\C#N)C(=O)O. The van der Waals surface area contributed by atoms with E-state index in [1.165, 1.54) is 13.2 Å². The molecule has 0 heterocycles. The molecule has 0 aliphatic heterocycles. The Morgan fingerprint density at radius 1 is 0.806 bits per heavy atom. The van der Waals surface area contributed by atoms with Crippen molar-refractivity contribution < 1.29 is 14.6 Å². The number of carboxylic acid groups (broad SMARTS) is 1. The monoisotopic (exact) mass is 472 g/mol. The molecule has 0 radical (unpaired) electrons. The van der Waals surface area contributed by atoms with Gasteiger partial charge in [0.1, 0.15) is 17.4 Å². The van der Waals surface area contributed by atoms with Crippen molar-refractivity contribution in [1.82, 2.24) is 0 Å². The Hall–Kier alpha value is -5.08. The second-order valence-corrected chi connectivity index (χ2v) is 7.91. The zero-order chi connectivity index (χ0) is 25.3. The lowest BCUT2D eigenvalue weighted by Crippen LogP contribution is -2.09. The first-order valence-corrected chi connectivity index (χ1v) is 11.3. The molecule has 1 N–H and O–H groups in total. The molecule has 36 heavy (non-hydrogen) atoms. The third kappa shape index (κ3) is 5.69. The second-order valence-electron chi connectivity index (χ2n) is 7.91. The highest BCUT2D eigenvalue weighted by atomic mass is 16.5. The first kappa shape index (κ1) is 24.1. The van der Waals surface area contributed by atoms with Crippen LogP contribution in [-0.2, 0) is 4.79 Å². The third-order valence-corrected chi connectivity index (χ3v) is 5.56. The molecule has 0 spiro atoms. The van der Waals surface area contributed by atoms with Crippen LogP contribution in [0.5, 0.6) is 5.75 Å². The fourth-order valence-electron chi connectivity index (χ4n) is 3.78. The summed E-state index contributed by atoms with van der Waals surface area (Å²) in [6.45, 7) is 0. The maximum atomic E-state index is 11.1. The number of hydrogen-bond acceptors (Lipinski definition) is 4. The molecule has 0 saturated heterocycles. The van der Waals surface area contributed by atoms with Gasteiger partial charge in [-0.3, -0.25) is 0 Å². The standard InChI is InChI=1S/C31H24N2O3/c1-36-30-20-24(14-17-25(30)21-26(22-32)31(34)35)13-12-23-15-18-29(19-16-23)33(27-8-4-2-5-9-27)28-10-6-3-7-11-28/h2-21H,1H3,(H,34,35)/b13-12+,26-21+. The Morgan fingerprint density at radius 2 is 1.33 bits per heavy atom. The molecule has 4 aromatic rings. The van der Waals surface area contributed by atoms with Gasteiger partial charge in [0, 0.05) is 22.6 Å². The Morgan fingerprint density at radius 3 is 1.86 bits per heavy atom. The number of carbonyl (C=O) groups is 1. The lowest BCUT2D eigenvalue weighted by Gasteiger charge is -2.25. The molecule has 0 aromatic heterocycles. The van der Waals surface area contributed by atoms with Crippen LogP contribution in [0, 0.1) is 11.3 Å². The summed E-state index contributed by atoms with van der Waals surface area (Å²) in [6, 6.07) is 35.8. The van der Waals surface area contributed by atoms with Crippen molar-refractivity contribution in [3.63, 3.8) is 0 Å². The van der Waals surface area contributed by atoms with Crippen LogP contribution in [-0.4, -0.2) is 18.2 Å². The molecule has 0 bridgehead atoms. The van der Waals surface area contributed by atoms with Crippen LogP contribution >= 0.6 is 0 Å². The molecule has 0 aliphatic carbocycles. The number of carboxylic acids is 1. The van der Waals surface area contributed by atoms with E-state index in [1.807, 2.05) is 54.6 Å². The van der Waals surface area contributed by atoms with E-state index in [0.29, 0.717) is 11.3 Å². The minimum Gasteiger partial charge on any atom is -0.496 e. The van der Waals surface area contributed by atoms with E-state index in [0.717, 1.165) is 28.2 Å². The van der Waals surface area contributed by atoms with Crippen LogP contribution in [0.25, 0.3) is 18.2 Å². The zero-order valence-electron chi connectivity index (χ0n) is 19.7. The van der Waals surface area contributed by atoms with Gasteiger partial charge >= 0.3 is 5.97 Å². The van der Waals surface area contributed by atoms with Gasteiger partial charge in [0.2, 0.25) is 0 Å². The van der Waals surface area contributed by atoms with E-state index >= 15 is 0 Å². The van der Waals surface area contributed by atoms with Crippen molar-refractivity contribution >= 4 is 41.3 Å². The van der Waals surface area contributed by atoms with Crippen LogP contribution in [0.1, 0.15) is 16.7 Å². The lowest BCUT2D eigenvalue weighted by molar-refractivity contribution is -0.132. The van der Waals surface area contributed by atoms with Crippen LogP contribution < -0.4 is 9.64 Å². The molecule has 5 nitrogen and oxygen atoms in total. The molecule has 0 atom stereocenters. The normalized spacial score (nSPS) is 11.2. The minimum atomic E-state index is -1.27. The molecule has 176 valence electrons. The van der Waals surface area contributed by atoms with Gasteiger partial charge in [0.15, 0.2) is 0 Å². The Kier molecular flexibility index (Phi) is 7.60. The van der Waals surface area contributed by atoms with Crippen molar-refractivity contribution in [2.45, 2.75) is 0 Å². The molecule has 0 saturated carbocycles. The number of nitrogens with zero attached hydrogens (tertiary/aromatic N) is 2. The molecule has 0 fully saturated rings. The summed E-state index contributed by atoms with van der Waals surface area (Å²) in [7, 11) is 1.51. The van der Waals surface area contributed by atoms with Crippen LogP contribution in [0.4, 0.5) is 17.1 Å². The van der Waals surface area contributed by atoms with Crippen LogP contribution in [0.3, 0.4) is 0 Å². The fraction of sp³-hybridized carbons (Fsp3) is 0.0323. The molecule has 4 rings (SSSR count). The second kappa shape index (κ2) is 11.4. The van der Waals surface area contributed by atoms with Crippen molar-refractivity contribution in [1.29, 1.82) is 5.26 Å². The van der Waals surface area contributed by atoms with Crippen LogP contribution in [0.15, 0.2) is 109 Å². The highest BCUT2D eigenvalue weighted by molar-refractivity contribution is 5.97. The summed E-state index contributed by atoms with van der Waals surface area (Å²) >= 11 is 0. The predicted molar refractivity (Wildman–Crippen MR) is 144 cm³/mol. The highest BCUT2D eigenvalue weighted by Gasteiger charge is 2.11. The smallest absolute Gasteiger partial charge is 0.346 e. The summed E-state index contributed by atoms with van der Waals surface area (Å²) < 4.78 is 5.40. The van der Waals surface area contributed by atoms with Gasteiger partial charge < -0.3 is 14.7 Å². The number of anilines is 3. The lowest BCUT2D eigenvalue weighted by atomic mass is 10.1. The Balaban J connectivity index is 1.58. The number of para-hydroxylation sites is 2. The predicted octanol–water partition coefficient (Wildman–Crippen LogP) is 7.33. The molecule has 4 aromatic carbocycles. The first-order chi connectivity index (χ1) is 17.6. The first-order valence-electron chi connectivity index (χ1n) is 11.3. The number of nitriles is 1. The topological polar surface area (TPSA) is 73.6 Å². The quantitative estimate of drug-likeness (QED) is 0.165. The maximum Gasteiger partial charge on any atom is 0.346 e. The van der Waals surface area contributed by atoms with E-state index < -0.39 is 5.97 Å². The minimum absolute atomic E-state index is 0.350. The van der Waals surface area contributed by atoms with E-state index in [-0.39, 0.29) is 5.57 Å². The summed E-state index contributed by atoms with van der Waals surface area (Å²) in [5, 5.41) is 18.1. The van der Waals surface area contributed by atoms with Crippen molar-refractivity contribution in [2.75, 3.05) is 12.0 Å². The molecular formula is C31H24N2O3. The van der Waals surface area contributed by atoms with E-state index in [4.69, 9.17) is 15.1 Å². The molecule has 0 unspecified atom stereocenters. The molecule has 5 heteroatoms. The van der Waals surface area contributed by atoms with Gasteiger partial charge in [0.05, 0.1) is 7.11 Å². The van der Waals surface area contributed by atoms with E-state index in [1.54, 1.807) is 18.2 Å². The summed E-state index contributed by atoms with van der Waals surface area (Å²) in [5.41, 5.74) is 5.30. The van der Waals surface area contributed by atoms with E-state index in [2.05, 4.69) is 53.4 Å². The number of aliphatic carboxylic acids is 1. The number of benzene rings is 4. The summed E-state index contributed by atoms with van der Waals surface area (Å²) in [6.07, 6.45) is 5.26. The van der Waals surface area contributed by atoms with Gasteiger partial charge in [-0.25, -0.2) is 4.79 Å². The Labute approximate surface area is 210 Å². The summed E-state index contributed by atoms with van der Waals surface area (Å²) in [4.78, 5) is 13.3. The van der Waals surface area contributed by atoms with Crippen molar-refractivity contribution in [2.24, 2.45) is 0 Å². The fourth-order valence-corrected chi connectivity index (χ4v) is 3.78. The average Bonchev–Trinajstić information content (AvgIpc) is 2.92. The number of methoxy groups -OCH3 is 1. The molecule has 0 aliphatic rings. The number of ether oxygens (including phenoxy) is 1. The van der Waals surface area contributed by atoms with Gasteiger partial charge in [-0.1, -0.05) is 72.8 Å². The van der Waals surface area contributed by atoms with Crippen molar-refractivity contribution in [3.05, 3.63) is 125 Å². The van der Waals surface area contributed by atoms with Gasteiger partial charge in [0.25, 0.3) is 0 Å². The molecule has 0 amide bonds. The maximum absolute atomic E-state index is 11.1. The van der Waals surface area contributed by atoms with E-state index in [9.17, 15) is 4.79 Å². The Bertz CT molecular complexity index is 1400. The highest BCUT2D eigenvalue weighted by Crippen LogP contribution is 2.34. The number of hydrogen-bond donors (Lipinski definition) is 1. The molecular weight excluding hydrogens is 448 g/mol. The van der Waals surface area contributed by atoms with Crippen molar-refractivity contribution in [3.8, 4) is 11.8 Å². The van der Waals surface area contributed by atoms with Crippen LogP contribution in [0.2, 0.25) is 0 Å². The number of rotatable bonds is 8. The average molecular weight is 473 g/mol. The largest absolute Gasteiger partial charge is 0.496 e. The zero-order valence-corrected chi connectivity index (χ0v) is 19.7.